The fourth-order valence-corrected chi connectivity index (χ4v) is 3.02. The summed E-state index contributed by atoms with van der Waals surface area (Å²) in [6, 6.07) is 8.21. The molecule has 2 aromatic heterocycles. The number of aromatic amines is 2. The van der Waals surface area contributed by atoms with E-state index < -0.39 is 0 Å². The van der Waals surface area contributed by atoms with Crippen molar-refractivity contribution >= 4 is 33.8 Å². The Morgan fingerprint density at radius 2 is 1.89 bits per heavy atom. The summed E-state index contributed by atoms with van der Waals surface area (Å²) in [5.74, 6) is 0. The van der Waals surface area contributed by atoms with E-state index in [1.54, 1.807) is 0 Å². The Bertz CT molecular complexity index is 825. The van der Waals surface area contributed by atoms with Crippen LogP contribution in [0.1, 0.15) is 5.56 Å². The van der Waals surface area contributed by atoms with Crippen molar-refractivity contribution in [3.63, 3.8) is 0 Å². The molecule has 0 aliphatic heterocycles. The molecule has 0 bridgehead atoms. The van der Waals surface area contributed by atoms with Gasteiger partial charge in [-0.1, -0.05) is 29.8 Å². The molecule has 0 radical (unpaired) electrons. The number of aryl methyl sites for hydroxylation is 1. The molecule has 3 rings (SSSR count). The van der Waals surface area contributed by atoms with Gasteiger partial charge in [-0.05, 0) is 24.7 Å². The maximum absolute atomic E-state index is 11.8. The number of rotatable bonds is 1. The molecule has 0 saturated heterocycles. The zero-order valence-electron chi connectivity index (χ0n) is 9.61. The lowest BCUT2D eigenvalue weighted by molar-refractivity contribution is 1.15. The second kappa shape index (κ2) is 4.19. The zero-order valence-corrected chi connectivity index (χ0v) is 11.2. The Hall–Kier alpha value is -1.72. The SMILES string of the molecule is Cc1ccc(-c2csc3c(=O)[nH]c(=S)[nH]c23)cc1. The predicted molar refractivity (Wildman–Crippen MR) is 77.8 cm³/mol. The standard InChI is InChI=1S/C13H10N2OS2/c1-7-2-4-8(5-3-7)9-6-18-11-10(9)14-13(17)15-12(11)16/h2-6H,1H3,(H2,14,15,16,17). The van der Waals surface area contributed by atoms with Gasteiger partial charge in [-0.15, -0.1) is 11.3 Å². The molecule has 2 heterocycles. The molecule has 0 aliphatic rings. The topological polar surface area (TPSA) is 48.6 Å². The van der Waals surface area contributed by atoms with Gasteiger partial charge in [-0.3, -0.25) is 9.78 Å². The maximum atomic E-state index is 11.8. The van der Waals surface area contributed by atoms with Crippen LogP contribution >= 0.6 is 23.6 Å². The van der Waals surface area contributed by atoms with E-state index in [9.17, 15) is 4.79 Å². The molecule has 2 N–H and O–H groups in total. The third kappa shape index (κ3) is 1.81. The molecule has 5 heteroatoms. The molecule has 0 unspecified atom stereocenters. The van der Waals surface area contributed by atoms with Gasteiger partial charge in [0.2, 0.25) is 0 Å². The van der Waals surface area contributed by atoms with Crippen molar-refractivity contribution in [3.8, 4) is 11.1 Å². The highest BCUT2D eigenvalue weighted by atomic mass is 32.1. The van der Waals surface area contributed by atoms with Crippen molar-refractivity contribution in [1.29, 1.82) is 0 Å². The quantitative estimate of drug-likeness (QED) is 0.666. The minimum absolute atomic E-state index is 0.128. The Balaban J connectivity index is 2.33. The number of thiophene rings is 1. The lowest BCUT2D eigenvalue weighted by atomic mass is 10.1. The van der Waals surface area contributed by atoms with Crippen molar-refractivity contribution in [2.24, 2.45) is 0 Å². The average Bonchev–Trinajstić information content (AvgIpc) is 2.74. The zero-order chi connectivity index (χ0) is 12.7. The minimum Gasteiger partial charge on any atom is -0.331 e. The summed E-state index contributed by atoms with van der Waals surface area (Å²) in [7, 11) is 0. The fraction of sp³-hybridized carbons (Fsp3) is 0.0769. The summed E-state index contributed by atoms with van der Waals surface area (Å²) < 4.78 is 1.04. The molecular weight excluding hydrogens is 264 g/mol. The molecule has 90 valence electrons. The van der Waals surface area contributed by atoms with E-state index in [2.05, 4.69) is 34.2 Å². The second-order valence-corrected chi connectivity index (χ2v) is 5.42. The number of hydrogen-bond acceptors (Lipinski definition) is 3. The van der Waals surface area contributed by atoms with Crippen molar-refractivity contribution in [1.82, 2.24) is 9.97 Å². The van der Waals surface area contributed by atoms with Gasteiger partial charge >= 0.3 is 0 Å². The molecule has 0 spiro atoms. The van der Waals surface area contributed by atoms with Gasteiger partial charge in [0.25, 0.3) is 5.56 Å². The van der Waals surface area contributed by atoms with Crippen LogP contribution in [0.15, 0.2) is 34.4 Å². The van der Waals surface area contributed by atoms with Crippen LogP contribution in [0.3, 0.4) is 0 Å². The van der Waals surface area contributed by atoms with E-state index in [1.165, 1.54) is 16.9 Å². The molecular formula is C13H10N2OS2. The Morgan fingerprint density at radius 1 is 1.17 bits per heavy atom. The van der Waals surface area contributed by atoms with Gasteiger partial charge in [-0.2, -0.15) is 0 Å². The van der Waals surface area contributed by atoms with Gasteiger partial charge in [0.05, 0.1) is 5.52 Å². The summed E-state index contributed by atoms with van der Waals surface area (Å²) in [5.41, 5.74) is 4.01. The van der Waals surface area contributed by atoms with Crippen LogP contribution in [-0.2, 0) is 0 Å². The number of fused-ring (bicyclic) bond motifs is 1. The summed E-state index contributed by atoms with van der Waals surface area (Å²) in [6.07, 6.45) is 0. The van der Waals surface area contributed by atoms with Crippen molar-refractivity contribution < 1.29 is 0 Å². The minimum atomic E-state index is -0.128. The van der Waals surface area contributed by atoms with E-state index in [4.69, 9.17) is 12.2 Å². The van der Waals surface area contributed by atoms with Gasteiger partial charge in [-0.25, -0.2) is 0 Å². The van der Waals surface area contributed by atoms with Crippen LogP contribution in [0.5, 0.6) is 0 Å². The van der Waals surface area contributed by atoms with Crippen LogP contribution in [0.2, 0.25) is 0 Å². The Kier molecular flexibility index (Phi) is 2.65. The van der Waals surface area contributed by atoms with Crippen molar-refractivity contribution in [3.05, 3.63) is 50.3 Å². The van der Waals surface area contributed by atoms with E-state index in [1.807, 2.05) is 12.3 Å². The van der Waals surface area contributed by atoms with E-state index in [0.29, 0.717) is 9.47 Å². The molecule has 1 aromatic carbocycles. The Morgan fingerprint density at radius 3 is 2.61 bits per heavy atom. The smallest absolute Gasteiger partial charge is 0.269 e. The number of H-pyrrole nitrogens is 2. The highest BCUT2D eigenvalue weighted by Crippen LogP contribution is 2.30. The molecule has 3 aromatic rings. The summed E-state index contributed by atoms with van der Waals surface area (Å²) in [5, 5.41) is 1.98. The van der Waals surface area contributed by atoms with E-state index in [0.717, 1.165) is 16.6 Å². The highest BCUT2D eigenvalue weighted by Gasteiger charge is 2.09. The molecule has 0 amide bonds. The van der Waals surface area contributed by atoms with Crippen LogP contribution in [0.25, 0.3) is 21.3 Å². The molecule has 0 aliphatic carbocycles. The normalized spacial score (nSPS) is 10.9. The predicted octanol–water partition coefficient (Wildman–Crippen LogP) is 3.62. The van der Waals surface area contributed by atoms with Gasteiger partial charge < -0.3 is 4.98 Å². The molecule has 3 nitrogen and oxygen atoms in total. The third-order valence-corrected chi connectivity index (χ3v) is 4.01. The Labute approximate surface area is 112 Å². The van der Waals surface area contributed by atoms with Gasteiger partial charge in [0.1, 0.15) is 4.70 Å². The van der Waals surface area contributed by atoms with Crippen LogP contribution in [-0.4, -0.2) is 9.97 Å². The molecule has 0 saturated carbocycles. The molecule has 0 fully saturated rings. The summed E-state index contributed by atoms with van der Waals surface area (Å²) in [6.45, 7) is 2.05. The second-order valence-electron chi connectivity index (χ2n) is 4.13. The van der Waals surface area contributed by atoms with Gasteiger partial charge in [0.15, 0.2) is 4.77 Å². The number of nitrogens with one attached hydrogen (secondary N) is 2. The van der Waals surface area contributed by atoms with Gasteiger partial charge in [0, 0.05) is 10.9 Å². The first kappa shape index (κ1) is 11.4. The number of aromatic nitrogens is 2. The first-order chi connectivity index (χ1) is 8.65. The molecule has 0 atom stereocenters. The van der Waals surface area contributed by atoms with Crippen LogP contribution < -0.4 is 5.56 Å². The number of hydrogen-bond donors (Lipinski definition) is 2. The van der Waals surface area contributed by atoms with E-state index >= 15 is 0 Å². The summed E-state index contributed by atoms with van der Waals surface area (Å²) >= 11 is 6.44. The monoisotopic (exact) mass is 274 g/mol. The fourth-order valence-electron chi connectivity index (χ4n) is 1.90. The molecule has 18 heavy (non-hydrogen) atoms. The van der Waals surface area contributed by atoms with E-state index in [-0.39, 0.29) is 5.56 Å². The summed E-state index contributed by atoms with van der Waals surface area (Å²) in [4.78, 5) is 17.4. The largest absolute Gasteiger partial charge is 0.331 e. The number of benzene rings is 1. The lowest BCUT2D eigenvalue weighted by Crippen LogP contribution is -2.05. The van der Waals surface area contributed by atoms with Crippen molar-refractivity contribution in [2.75, 3.05) is 0 Å². The maximum Gasteiger partial charge on any atom is 0.269 e. The average molecular weight is 274 g/mol. The van der Waals surface area contributed by atoms with Crippen LogP contribution in [0.4, 0.5) is 0 Å². The lowest BCUT2D eigenvalue weighted by Gasteiger charge is -2.00. The first-order valence-corrected chi connectivity index (χ1v) is 6.75. The highest BCUT2D eigenvalue weighted by molar-refractivity contribution is 7.71. The van der Waals surface area contributed by atoms with Crippen LogP contribution in [0, 0.1) is 11.7 Å². The first-order valence-electron chi connectivity index (χ1n) is 5.46. The van der Waals surface area contributed by atoms with Crippen molar-refractivity contribution in [2.45, 2.75) is 6.92 Å². The third-order valence-electron chi connectivity index (χ3n) is 2.83.